The molecule has 0 saturated heterocycles. The van der Waals surface area contributed by atoms with E-state index in [0.29, 0.717) is 12.5 Å². The molecule has 100 valence electrons. The van der Waals surface area contributed by atoms with Gasteiger partial charge in [-0.05, 0) is 25.2 Å². The molecular formula is C12H25N3O2. The van der Waals surface area contributed by atoms with Crippen LogP contribution in [0.2, 0.25) is 0 Å². The third kappa shape index (κ3) is 4.16. The Balaban J connectivity index is 2.47. The lowest BCUT2D eigenvalue weighted by atomic mass is 9.79. The Kier molecular flexibility index (Phi) is 5.21. The van der Waals surface area contributed by atoms with Gasteiger partial charge in [0.25, 0.3) is 0 Å². The Hall–Kier alpha value is -0.810. The number of nitrogens with two attached hydrogens (primary N) is 1. The first-order valence-electron chi connectivity index (χ1n) is 6.44. The highest BCUT2D eigenvalue weighted by atomic mass is 16.4. The van der Waals surface area contributed by atoms with Crippen LogP contribution in [0.3, 0.4) is 0 Å². The van der Waals surface area contributed by atoms with Crippen LogP contribution in [0.4, 0.5) is 0 Å². The molecule has 3 unspecified atom stereocenters. The number of amidine groups is 1. The molecule has 0 radical (unpaired) electrons. The lowest BCUT2D eigenvalue weighted by Crippen LogP contribution is -2.50. The van der Waals surface area contributed by atoms with Gasteiger partial charge in [-0.1, -0.05) is 31.8 Å². The molecule has 0 aliphatic heterocycles. The molecule has 0 bridgehead atoms. The highest BCUT2D eigenvalue weighted by Gasteiger charge is 2.33. The summed E-state index contributed by atoms with van der Waals surface area (Å²) in [6.07, 6.45) is 4.66. The van der Waals surface area contributed by atoms with Crippen LogP contribution in [0, 0.1) is 5.92 Å². The highest BCUT2D eigenvalue weighted by Crippen LogP contribution is 2.31. The van der Waals surface area contributed by atoms with Crippen LogP contribution in [-0.4, -0.2) is 34.3 Å². The maximum Gasteiger partial charge on any atom is 0.156 e. The summed E-state index contributed by atoms with van der Waals surface area (Å²) in [4.78, 5) is 0. The van der Waals surface area contributed by atoms with Gasteiger partial charge in [0.05, 0.1) is 11.6 Å². The molecule has 17 heavy (non-hydrogen) atoms. The fraction of sp³-hybridized carbons (Fsp3) is 0.917. The lowest BCUT2D eigenvalue weighted by Gasteiger charge is -2.36. The van der Waals surface area contributed by atoms with Gasteiger partial charge in [0.15, 0.2) is 5.84 Å². The van der Waals surface area contributed by atoms with Crippen molar-refractivity contribution in [3.8, 4) is 0 Å². The number of oxime groups is 1. The molecule has 5 N–H and O–H groups in total. The average molecular weight is 243 g/mol. The van der Waals surface area contributed by atoms with Crippen molar-refractivity contribution in [1.82, 2.24) is 5.32 Å². The second kappa shape index (κ2) is 6.21. The Morgan fingerprint density at radius 2 is 2.35 bits per heavy atom. The zero-order valence-corrected chi connectivity index (χ0v) is 10.8. The third-order valence-electron chi connectivity index (χ3n) is 3.63. The predicted octanol–water partition coefficient (Wildman–Crippen LogP) is 1.04. The monoisotopic (exact) mass is 243 g/mol. The quantitative estimate of drug-likeness (QED) is 0.251. The van der Waals surface area contributed by atoms with E-state index >= 15 is 0 Å². The van der Waals surface area contributed by atoms with Gasteiger partial charge in [-0.15, -0.1) is 0 Å². The zero-order valence-electron chi connectivity index (χ0n) is 10.8. The molecule has 1 fully saturated rings. The lowest BCUT2D eigenvalue weighted by molar-refractivity contribution is -0.0125. The summed E-state index contributed by atoms with van der Waals surface area (Å²) in [5.74, 6) is 0.749. The summed E-state index contributed by atoms with van der Waals surface area (Å²) in [6.45, 7) is 4.64. The Morgan fingerprint density at radius 3 is 2.88 bits per heavy atom. The summed E-state index contributed by atoms with van der Waals surface area (Å²) in [5, 5.41) is 25.3. The Labute approximate surface area is 103 Å². The molecule has 0 aromatic heterocycles. The van der Waals surface area contributed by atoms with Crippen molar-refractivity contribution < 1.29 is 10.3 Å². The smallest absolute Gasteiger partial charge is 0.156 e. The molecule has 0 spiro atoms. The van der Waals surface area contributed by atoms with Crippen LogP contribution < -0.4 is 11.1 Å². The molecular weight excluding hydrogens is 218 g/mol. The van der Waals surface area contributed by atoms with Gasteiger partial charge in [-0.2, -0.15) is 0 Å². The molecule has 0 amide bonds. The standard InChI is InChI=1S/C12H25N3O2/c1-3-10(11(13)15-17)14-8-12(16)6-4-5-9(2)7-12/h9-10,14,16-17H,3-8H2,1-2H3,(H2,13,15). The van der Waals surface area contributed by atoms with Crippen LogP contribution in [0.15, 0.2) is 5.16 Å². The van der Waals surface area contributed by atoms with Crippen LogP contribution >= 0.6 is 0 Å². The van der Waals surface area contributed by atoms with E-state index < -0.39 is 5.60 Å². The maximum atomic E-state index is 10.4. The normalized spacial score (nSPS) is 32.4. The largest absolute Gasteiger partial charge is 0.409 e. The molecule has 1 aliphatic rings. The molecule has 0 aromatic rings. The van der Waals surface area contributed by atoms with Crippen molar-refractivity contribution in [2.45, 2.75) is 57.6 Å². The van der Waals surface area contributed by atoms with Gasteiger partial charge in [0, 0.05) is 6.54 Å². The topological polar surface area (TPSA) is 90.9 Å². The number of hydrogen-bond acceptors (Lipinski definition) is 4. The van der Waals surface area contributed by atoms with Crippen LogP contribution in [0.25, 0.3) is 0 Å². The Morgan fingerprint density at radius 1 is 1.65 bits per heavy atom. The summed E-state index contributed by atoms with van der Waals surface area (Å²) < 4.78 is 0. The van der Waals surface area contributed by atoms with E-state index in [1.165, 1.54) is 6.42 Å². The third-order valence-corrected chi connectivity index (χ3v) is 3.63. The first kappa shape index (κ1) is 14.3. The van der Waals surface area contributed by atoms with E-state index in [1.54, 1.807) is 0 Å². The highest BCUT2D eigenvalue weighted by molar-refractivity contribution is 5.85. The van der Waals surface area contributed by atoms with Gasteiger partial charge in [-0.3, -0.25) is 0 Å². The molecule has 3 atom stereocenters. The van der Waals surface area contributed by atoms with Crippen molar-refractivity contribution in [2.24, 2.45) is 16.8 Å². The minimum atomic E-state index is -0.638. The second-order valence-corrected chi connectivity index (χ2v) is 5.29. The van der Waals surface area contributed by atoms with Crippen molar-refractivity contribution in [3.05, 3.63) is 0 Å². The van der Waals surface area contributed by atoms with Crippen LogP contribution in [-0.2, 0) is 0 Å². The maximum absolute atomic E-state index is 10.4. The van der Waals surface area contributed by atoms with Gasteiger partial charge >= 0.3 is 0 Å². The average Bonchev–Trinajstić information content (AvgIpc) is 2.29. The number of nitrogens with one attached hydrogen (secondary N) is 1. The van der Waals surface area contributed by atoms with E-state index in [4.69, 9.17) is 10.9 Å². The minimum Gasteiger partial charge on any atom is -0.409 e. The minimum absolute atomic E-state index is 0.166. The van der Waals surface area contributed by atoms with Gasteiger partial charge < -0.3 is 21.4 Å². The summed E-state index contributed by atoms with van der Waals surface area (Å²) >= 11 is 0. The molecule has 1 aliphatic carbocycles. The fourth-order valence-electron chi connectivity index (χ4n) is 2.63. The van der Waals surface area contributed by atoms with E-state index in [2.05, 4.69) is 17.4 Å². The summed E-state index contributed by atoms with van der Waals surface area (Å²) in [7, 11) is 0. The number of rotatable bonds is 5. The molecule has 0 heterocycles. The van der Waals surface area contributed by atoms with E-state index in [0.717, 1.165) is 25.7 Å². The Bertz CT molecular complexity index is 270. The SMILES string of the molecule is CCC(NCC1(O)CCCC(C)C1)C(N)=NO. The van der Waals surface area contributed by atoms with Crippen molar-refractivity contribution in [3.63, 3.8) is 0 Å². The predicted molar refractivity (Wildman–Crippen MR) is 68.1 cm³/mol. The van der Waals surface area contributed by atoms with Crippen molar-refractivity contribution in [1.29, 1.82) is 0 Å². The van der Waals surface area contributed by atoms with E-state index in [9.17, 15) is 5.11 Å². The summed E-state index contributed by atoms with van der Waals surface area (Å²) in [5.41, 5.74) is 4.93. The molecule has 0 aromatic carbocycles. The van der Waals surface area contributed by atoms with Gasteiger partial charge in [-0.25, -0.2) is 0 Å². The summed E-state index contributed by atoms with van der Waals surface area (Å²) in [6, 6.07) is -0.166. The van der Waals surface area contributed by atoms with Crippen LogP contribution in [0.5, 0.6) is 0 Å². The van der Waals surface area contributed by atoms with Gasteiger partial charge in [0.1, 0.15) is 0 Å². The zero-order chi connectivity index (χ0) is 12.9. The molecule has 5 nitrogen and oxygen atoms in total. The fourth-order valence-corrected chi connectivity index (χ4v) is 2.63. The number of aliphatic hydroxyl groups is 1. The second-order valence-electron chi connectivity index (χ2n) is 5.29. The molecule has 1 saturated carbocycles. The first-order valence-corrected chi connectivity index (χ1v) is 6.44. The number of nitrogens with zero attached hydrogens (tertiary/aromatic N) is 1. The first-order chi connectivity index (χ1) is 8.00. The van der Waals surface area contributed by atoms with Gasteiger partial charge in [0.2, 0.25) is 0 Å². The number of hydrogen-bond donors (Lipinski definition) is 4. The molecule has 5 heteroatoms. The molecule has 1 rings (SSSR count). The van der Waals surface area contributed by atoms with Crippen molar-refractivity contribution >= 4 is 5.84 Å². The van der Waals surface area contributed by atoms with Crippen molar-refractivity contribution in [2.75, 3.05) is 6.54 Å². The van der Waals surface area contributed by atoms with E-state index in [-0.39, 0.29) is 11.9 Å². The van der Waals surface area contributed by atoms with Crippen LogP contribution in [0.1, 0.15) is 46.0 Å². The van der Waals surface area contributed by atoms with E-state index in [1.807, 2.05) is 6.92 Å².